The predicted octanol–water partition coefficient (Wildman–Crippen LogP) is 3.02. The van der Waals surface area contributed by atoms with Crippen molar-refractivity contribution in [2.45, 2.75) is 13.5 Å². The van der Waals surface area contributed by atoms with E-state index in [4.69, 9.17) is 0 Å². The molecule has 1 heterocycles. The number of hydrogen-bond acceptors (Lipinski definition) is 3. The molecule has 0 aromatic heterocycles. The molecule has 0 atom stereocenters. The van der Waals surface area contributed by atoms with Gasteiger partial charge >= 0.3 is 0 Å². The third kappa shape index (κ3) is 3.37. The number of hydrogen-bond donors (Lipinski definition) is 1. The number of piperazine rings is 1. The Morgan fingerprint density at radius 1 is 0.905 bits per heavy atom. The van der Waals surface area contributed by atoms with Crippen LogP contribution in [0.3, 0.4) is 0 Å². The number of phenolic OH excluding ortho intramolecular Hbond substituents is 1. The summed E-state index contributed by atoms with van der Waals surface area (Å²) in [7, 11) is 0. The fourth-order valence-electron chi connectivity index (χ4n) is 2.92. The van der Waals surface area contributed by atoms with Gasteiger partial charge in [-0.25, -0.2) is 0 Å². The van der Waals surface area contributed by atoms with Crippen LogP contribution in [0.5, 0.6) is 5.75 Å². The van der Waals surface area contributed by atoms with E-state index in [-0.39, 0.29) is 0 Å². The van der Waals surface area contributed by atoms with Crippen LogP contribution < -0.4 is 4.90 Å². The van der Waals surface area contributed by atoms with Crippen molar-refractivity contribution < 1.29 is 5.11 Å². The molecule has 21 heavy (non-hydrogen) atoms. The van der Waals surface area contributed by atoms with Gasteiger partial charge in [-0.2, -0.15) is 0 Å². The van der Waals surface area contributed by atoms with Crippen molar-refractivity contribution in [3.8, 4) is 5.75 Å². The standard InChI is InChI=1S/C18H22N2O/c1-15-4-2-3-5-18(15)20-12-10-19(11-13-20)14-16-6-8-17(21)9-7-16/h2-9,21H,10-14H2,1H3. The van der Waals surface area contributed by atoms with Gasteiger partial charge in [0, 0.05) is 38.4 Å². The molecule has 3 nitrogen and oxygen atoms in total. The summed E-state index contributed by atoms with van der Waals surface area (Å²) < 4.78 is 0. The molecule has 0 amide bonds. The number of benzene rings is 2. The van der Waals surface area contributed by atoms with Gasteiger partial charge in [0.25, 0.3) is 0 Å². The summed E-state index contributed by atoms with van der Waals surface area (Å²) in [5, 5.41) is 9.33. The second-order valence-corrected chi connectivity index (χ2v) is 5.72. The molecule has 1 aliphatic rings. The molecule has 1 saturated heterocycles. The van der Waals surface area contributed by atoms with Gasteiger partial charge in [0.05, 0.1) is 0 Å². The molecule has 3 heteroatoms. The molecular weight excluding hydrogens is 260 g/mol. The number of aryl methyl sites for hydroxylation is 1. The van der Waals surface area contributed by atoms with Crippen molar-refractivity contribution in [3.05, 3.63) is 59.7 Å². The van der Waals surface area contributed by atoms with Crippen LogP contribution in [0.25, 0.3) is 0 Å². The lowest BCUT2D eigenvalue weighted by molar-refractivity contribution is 0.249. The maximum atomic E-state index is 9.33. The summed E-state index contributed by atoms with van der Waals surface area (Å²) >= 11 is 0. The molecule has 2 aromatic rings. The van der Waals surface area contributed by atoms with Crippen LogP contribution >= 0.6 is 0 Å². The van der Waals surface area contributed by atoms with E-state index in [2.05, 4.69) is 41.0 Å². The lowest BCUT2D eigenvalue weighted by Gasteiger charge is -2.36. The monoisotopic (exact) mass is 282 g/mol. The van der Waals surface area contributed by atoms with E-state index in [0.717, 1.165) is 32.7 Å². The maximum absolute atomic E-state index is 9.33. The number of anilines is 1. The third-order valence-corrected chi connectivity index (χ3v) is 4.17. The Kier molecular flexibility index (Phi) is 4.11. The van der Waals surface area contributed by atoms with Crippen molar-refractivity contribution in [1.82, 2.24) is 4.90 Å². The van der Waals surface area contributed by atoms with Crippen molar-refractivity contribution in [2.75, 3.05) is 31.1 Å². The minimum absolute atomic E-state index is 0.336. The summed E-state index contributed by atoms with van der Waals surface area (Å²) in [4.78, 5) is 4.95. The molecule has 1 aliphatic heterocycles. The number of para-hydroxylation sites is 1. The smallest absolute Gasteiger partial charge is 0.115 e. The zero-order valence-corrected chi connectivity index (χ0v) is 12.5. The van der Waals surface area contributed by atoms with Crippen molar-refractivity contribution in [3.63, 3.8) is 0 Å². The number of rotatable bonds is 3. The molecule has 2 aromatic carbocycles. The van der Waals surface area contributed by atoms with Crippen molar-refractivity contribution in [2.24, 2.45) is 0 Å². The normalized spacial score (nSPS) is 16.1. The molecule has 0 radical (unpaired) electrons. The molecule has 110 valence electrons. The zero-order chi connectivity index (χ0) is 14.7. The van der Waals surface area contributed by atoms with Gasteiger partial charge < -0.3 is 10.0 Å². The Morgan fingerprint density at radius 2 is 1.57 bits per heavy atom. The molecule has 3 rings (SSSR count). The van der Waals surface area contributed by atoms with E-state index in [9.17, 15) is 5.11 Å². The number of aromatic hydroxyl groups is 1. The minimum Gasteiger partial charge on any atom is -0.508 e. The Labute approximate surface area is 126 Å². The van der Waals surface area contributed by atoms with E-state index in [0.29, 0.717) is 5.75 Å². The van der Waals surface area contributed by atoms with Gasteiger partial charge in [-0.3, -0.25) is 4.90 Å². The lowest BCUT2D eigenvalue weighted by Crippen LogP contribution is -2.46. The highest BCUT2D eigenvalue weighted by Gasteiger charge is 2.18. The fourth-order valence-corrected chi connectivity index (χ4v) is 2.92. The first-order valence-corrected chi connectivity index (χ1v) is 7.53. The van der Waals surface area contributed by atoms with Crippen LogP contribution in [0.2, 0.25) is 0 Å². The second-order valence-electron chi connectivity index (χ2n) is 5.72. The number of nitrogens with zero attached hydrogens (tertiary/aromatic N) is 2. The highest BCUT2D eigenvalue weighted by atomic mass is 16.3. The fraction of sp³-hybridized carbons (Fsp3) is 0.333. The van der Waals surface area contributed by atoms with Crippen molar-refractivity contribution in [1.29, 1.82) is 0 Å². The SMILES string of the molecule is Cc1ccccc1N1CCN(Cc2ccc(O)cc2)CC1. The first-order chi connectivity index (χ1) is 10.2. The number of phenols is 1. The summed E-state index contributed by atoms with van der Waals surface area (Å²) in [6, 6.07) is 16.1. The molecule has 0 spiro atoms. The van der Waals surface area contributed by atoms with E-state index in [1.807, 2.05) is 12.1 Å². The lowest BCUT2D eigenvalue weighted by atomic mass is 10.1. The average Bonchev–Trinajstić information content (AvgIpc) is 2.51. The maximum Gasteiger partial charge on any atom is 0.115 e. The topological polar surface area (TPSA) is 26.7 Å². The molecular formula is C18H22N2O. The van der Waals surface area contributed by atoms with Gasteiger partial charge in [0.15, 0.2) is 0 Å². The molecule has 0 saturated carbocycles. The zero-order valence-electron chi connectivity index (χ0n) is 12.5. The van der Waals surface area contributed by atoms with Crippen LogP contribution in [0.1, 0.15) is 11.1 Å². The Morgan fingerprint density at radius 3 is 2.24 bits per heavy atom. The van der Waals surface area contributed by atoms with Gasteiger partial charge in [0.2, 0.25) is 0 Å². The summed E-state index contributed by atoms with van der Waals surface area (Å²) in [5.74, 6) is 0.336. The van der Waals surface area contributed by atoms with Crippen LogP contribution in [0, 0.1) is 6.92 Å². The molecule has 0 bridgehead atoms. The van der Waals surface area contributed by atoms with E-state index < -0.39 is 0 Å². The van der Waals surface area contributed by atoms with E-state index in [1.54, 1.807) is 12.1 Å². The Hall–Kier alpha value is -2.00. The van der Waals surface area contributed by atoms with Gasteiger partial charge in [-0.05, 0) is 36.2 Å². The average molecular weight is 282 g/mol. The van der Waals surface area contributed by atoms with E-state index in [1.165, 1.54) is 16.8 Å². The third-order valence-electron chi connectivity index (χ3n) is 4.17. The summed E-state index contributed by atoms with van der Waals surface area (Å²) in [6.45, 7) is 7.44. The van der Waals surface area contributed by atoms with Gasteiger partial charge in [-0.1, -0.05) is 30.3 Å². The van der Waals surface area contributed by atoms with Crippen LogP contribution in [0.15, 0.2) is 48.5 Å². The first kappa shape index (κ1) is 14.0. The summed E-state index contributed by atoms with van der Waals surface area (Å²) in [6.07, 6.45) is 0. The largest absolute Gasteiger partial charge is 0.508 e. The summed E-state index contributed by atoms with van der Waals surface area (Å²) in [5.41, 5.74) is 3.98. The van der Waals surface area contributed by atoms with Crippen molar-refractivity contribution >= 4 is 5.69 Å². The molecule has 0 aliphatic carbocycles. The van der Waals surface area contributed by atoms with E-state index >= 15 is 0 Å². The first-order valence-electron chi connectivity index (χ1n) is 7.53. The molecule has 1 N–H and O–H groups in total. The minimum atomic E-state index is 0.336. The Bertz CT molecular complexity index is 586. The van der Waals surface area contributed by atoms with Crippen LogP contribution in [0.4, 0.5) is 5.69 Å². The van der Waals surface area contributed by atoms with Crippen LogP contribution in [-0.4, -0.2) is 36.2 Å². The van der Waals surface area contributed by atoms with Gasteiger partial charge in [0.1, 0.15) is 5.75 Å². The van der Waals surface area contributed by atoms with Gasteiger partial charge in [-0.15, -0.1) is 0 Å². The Balaban J connectivity index is 1.58. The highest BCUT2D eigenvalue weighted by Crippen LogP contribution is 2.21. The predicted molar refractivity (Wildman–Crippen MR) is 86.8 cm³/mol. The molecule has 0 unspecified atom stereocenters. The molecule has 1 fully saturated rings. The quantitative estimate of drug-likeness (QED) is 0.937. The second kappa shape index (κ2) is 6.19. The highest BCUT2D eigenvalue weighted by molar-refractivity contribution is 5.53. The van der Waals surface area contributed by atoms with Crippen LogP contribution in [-0.2, 0) is 6.54 Å².